The summed E-state index contributed by atoms with van der Waals surface area (Å²) in [5, 5.41) is 0. The van der Waals surface area contributed by atoms with Crippen molar-refractivity contribution in [3.63, 3.8) is 0 Å². The fourth-order valence-electron chi connectivity index (χ4n) is 1.67. The lowest BCUT2D eigenvalue weighted by Crippen LogP contribution is -2.39. The molecule has 16 heavy (non-hydrogen) atoms. The molecule has 90 valence electrons. The van der Waals surface area contributed by atoms with Gasteiger partial charge in [-0.25, -0.2) is 0 Å². The summed E-state index contributed by atoms with van der Waals surface area (Å²) < 4.78 is 4.94. The molecule has 1 rings (SSSR count). The SMILES string of the molecule is C=CC(=O)N1CCCN(CCOC)C(=O)C1. The molecule has 0 atom stereocenters. The van der Waals surface area contributed by atoms with E-state index in [2.05, 4.69) is 6.58 Å². The van der Waals surface area contributed by atoms with Crippen LogP contribution in [0.15, 0.2) is 12.7 Å². The van der Waals surface area contributed by atoms with Crippen molar-refractivity contribution in [2.45, 2.75) is 6.42 Å². The van der Waals surface area contributed by atoms with E-state index in [9.17, 15) is 9.59 Å². The lowest BCUT2D eigenvalue weighted by Gasteiger charge is -2.20. The number of methoxy groups -OCH3 is 1. The number of ether oxygens (including phenoxy) is 1. The van der Waals surface area contributed by atoms with Gasteiger partial charge in [-0.05, 0) is 12.5 Å². The summed E-state index contributed by atoms with van der Waals surface area (Å²) in [7, 11) is 1.61. The maximum atomic E-state index is 11.8. The third-order valence-electron chi connectivity index (χ3n) is 2.59. The highest BCUT2D eigenvalue weighted by atomic mass is 16.5. The van der Waals surface area contributed by atoms with Crippen molar-refractivity contribution < 1.29 is 14.3 Å². The van der Waals surface area contributed by atoms with E-state index < -0.39 is 0 Å². The van der Waals surface area contributed by atoms with Crippen molar-refractivity contribution in [2.24, 2.45) is 0 Å². The summed E-state index contributed by atoms with van der Waals surface area (Å²) in [5.74, 6) is -0.202. The zero-order chi connectivity index (χ0) is 12.0. The Balaban J connectivity index is 2.54. The van der Waals surface area contributed by atoms with Crippen LogP contribution in [-0.4, -0.2) is 61.5 Å². The van der Waals surface area contributed by atoms with Gasteiger partial charge >= 0.3 is 0 Å². The van der Waals surface area contributed by atoms with Gasteiger partial charge in [-0.15, -0.1) is 0 Å². The van der Waals surface area contributed by atoms with Crippen molar-refractivity contribution >= 4 is 11.8 Å². The smallest absolute Gasteiger partial charge is 0.246 e. The molecule has 0 radical (unpaired) electrons. The first-order chi connectivity index (χ1) is 7.69. The summed E-state index contributed by atoms with van der Waals surface area (Å²) in [4.78, 5) is 26.5. The third kappa shape index (κ3) is 3.34. The molecular weight excluding hydrogens is 208 g/mol. The number of hydrogen-bond donors (Lipinski definition) is 0. The Labute approximate surface area is 95.6 Å². The first-order valence-electron chi connectivity index (χ1n) is 5.37. The highest BCUT2D eigenvalue weighted by molar-refractivity contribution is 5.91. The number of nitrogens with zero attached hydrogens (tertiary/aromatic N) is 2. The van der Waals surface area contributed by atoms with Crippen LogP contribution in [0.3, 0.4) is 0 Å². The second-order valence-electron chi connectivity index (χ2n) is 3.69. The second-order valence-corrected chi connectivity index (χ2v) is 3.69. The molecule has 1 heterocycles. The Kier molecular flexibility index (Phi) is 4.98. The molecule has 1 saturated heterocycles. The Bertz CT molecular complexity index is 278. The van der Waals surface area contributed by atoms with Crippen LogP contribution >= 0.6 is 0 Å². The molecule has 0 N–H and O–H groups in total. The van der Waals surface area contributed by atoms with E-state index in [1.54, 1.807) is 12.0 Å². The second kappa shape index (κ2) is 6.27. The van der Waals surface area contributed by atoms with Crippen LogP contribution in [0.1, 0.15) is 6.42 Å². The normalized spacial score (nSPS) is 17.2. The third-order valence-corrected chi connectivity index (χ3v) is 2.59. The van der Waals surface area contributed by atoms with Crippen LogP contribution in [0.25, 0.3) is 0 Å². The molecule has 1 aliphatic heterocycles. The topological polar surface area (TPSA) is 49.9 Å². The van der Waals surface area contributed by atoms with E-state index in [-0.39, 0.29) is 18.4 Å². The molecule has 0 aliphatic carbocycles. The Morgan fingerprint density at radius 2 is 2.31 bits per heavy atom. The number of amides is 2. The summed E-state index contributed by atoms with van der Waals surface area (Å²) in [6.07, 6.45) is 2.05. The summed E-state index contributed by atoms with van der Waals surface area (Å²) in [6.45, 7) is 5.98. The maximum absolute atomic E-state index is 11.8. The molecule has 2 amide bonds. The Morgan fingerprint density at radius 3 is 2.94 bits per heavy atom. The monoisotopic (exact) mass is 226 g/mol. The predicted molar refractivity (Wildman–Crippen MR) is 59.9 cm³/mol. The van der Waals surface area contributed by atoms with Crippen molar-refractivity contribution in [2.75, 3.05) is 39.9 Å². The molecular formula is C11H18N2O3. The Hall–Kier alpha value is -1.36. The minimum Gasteiger partial charge on any atom is -0.383 e. The van der Waals surface area contributed by atoms with E-state index in [1.807, 2.05) is 0 Å². The first kappa shape index (κ1) is 12.7. The number of carbonyl (C=O) groups is 2. The van der Waals surface area contributed by atoms with E-state index in [1.165, 1.54) is 11.0 Å². The summed E-state index contributed by atoms with van der Waals surface area (Å²) >= 11 is 0. The molecule has 0 aromatic heterocycles. The van der Waals surface area contributed by atoms with Crippen molar-refractivity contribution in [1.82, 2.24) is 9.80 Å². The van der Waals surface area contributed by atoms with Crippen LogP contribution in [0.5, 0.6) is 0 Å². The van der Waals surface area contributed by atoms with E-state index >= 15 is 0 Å². The zero-order valence-electron chi connectivity index (χ0n) is 9.65. The lowest BCUT2D eigenvalue weighted by atomic mass is 10.3. The molecule has 0 aromatic carbocycles. The molecule has 5 nitrogen and oxygen atoms in total. The maximum Gasteiger partial charge on any atom is 0.246 e. The predicted octanol–water partition coefficient (Wildman–Crippen LogP) is -0.120. The molecule has 1 fully saturated rings. The minimum atomic E-state index is -0.179. The number of rotatable bonds is 4. The highest BCUT2D eigenvalue weighted by Crippen LogP contribution is 2.05. The van der Waals surface area contributed by atoms with Crippen molar-refractivity contribution in [3.05, 3.63) is 12.7 Å². The largest absolute Gasteiger partial charge is 0.383 e. The van der Waals surface area contributed by atoms with Gasteiger partial charge in [0.1, 0.15) is 6.54 Å². The van der Waals surface area contributed by atoms with Gasteiger partial charge in [0, 0.05) is 26.7 Å². The number of hydrogen-bond acceptors (Lipinski definition) is 3. The van der Waals surface area contributed by atoms with Crippen molar-refractivity contribution in [1.29, 1.82) is 0 Å². The standard InChI is InChI=1S/C11H18N2O3/c1-3-10(14)13-6-4-5-12(7-8-16-2)11(15)9-13/h3H,1,4-9H2,2H3. The summed E-state index contributed by atoms with van der Waals surface area (Å²) in [5.41, 5.74) is 0. The van der Waals surface area contributed by atoms with Gasteiger partial charge in [0.2, 0.25) is 11.8 Å². The highest BCUT2D eigenvalue weighted by Gasteiger charge is 2.23. The van der Waals surface area contributed by atoms with Crippen LogP contribution in [0.2, 0.25) is 0 Å². The van der Waals surface area contributed by atoms with Gasteiger partial charge in [0.05, 0.1) is 6.61 Å². The van der Waals surface area contributed by atoms with Gasteiger partial charge in [0.25, 0.3) is 0 Å². The van der Waals surface area contributed by atoms with Crippen LogP contribution in [0.4, 0.5) is 0 Å². The summed E-state index contributed by atoms with van der Waals surface area (Å²) in [6, 6.07) is 0. The average molecular weight is 226 g/mol. The van der Waals surface area contributed by atoms with Gasteiger partial charge < -0.3 is 14.5 Å². The fourth-order valence-corrected chi connectivity index (χ4v) is 1.67. The van der Waals surface area contributed by atoms with Crippen LogP contribution in [0, 0.1) is 0 Å². The van der Waals surface area contributed by atoms with Crippen LogP contribution in [-0.2, 0) is 14.3 Å². The Morgan fingerprint density at radius 1 is 1.56 bits per heavy atom. The molecule has 5 heteroatoms. The molecule has 1 aliphatic rings. The van der Waals surface area contributed by atoms with Gasteiger partial charge in [-0.2, -0.15) is 0 Å². The molecule has 0 spiro atoms. The zero-order valence-corrected chi connectivity index (χ0v) is 9.65. The molecule has 0 bridgehead atoms. The first-order valence-corrected chi connectivity index (χ1v) is 5.37. The molecule has 0 aromatic rings. The van der Waals surface area contributed by atoms with Crippen LogP contribution < -0.4 is 0 Å². The quantitative estimate of drug-likeness (QED) is 0.628. The minimum absolute atomic E-state index is 0.0234. The average Bonchev–Trinajstić information content (AvgIpc) is 2.47. The van der Waals surface area contributed by atoms with Gasteiger partial charge in [-0.1, -0.05) is 6.58 Å². The van der Waals surface area contributed by atoms with E-state index in [0.29, 0.717) is 26.2 Å². The number of carbonyl (C=O) groups excluding carboxylic acids is 2. The van der Waals surface area contributed by atoms with E-state index in [4.69, 9.17) is 4.74 Å². The molecule has 0 saturated carbocycles. The van der Waals surface area contributed by atoms with Crippen molar-refractivity contribution in [3.8, 4) is 0 Å². The molecule has 0 unspecified atom stereocenters. The van der Waals surface area contributed by atoms with Gasteiger partial charge in [0.15, 0.2) is 0 Å². The lowest BCUT2D eigenvalue weighted by molar-refractivity contribution is -0.136. The van der Waals surface area contributed by atoms with E-state index in [0.717, 1.165) is 6.42 Å². The fraction of sp³-hybridized carbons (Fsp3) is 0.636. The van der Waals surface area contributed by atoms with Gasteiger partial charge in [-0.3, -0.25) is 9.59 Å².